The van der Waals surface area contributed by atoms with Gasteiger partial charge in [0, 0.05) is 50.4 Å². The molecule has 22 heteroatoms. The first kappa shape index (κ1) is 67.0. The Morgan fingerprint density at radius 1 is 0.550 bits per heavy atom. The number of nitrogens with one attached hydrogen (secondary N) is 8. The summed E-state index contributed by atoms with van der Waals surface area (Å²) in [4.78, 5) is 149. The lowest BCUT2D eigenvalue weighted by Gasteiger charge is -2.37. The van der Waals surface area contributed by atoms with Crippen molar-refractivity contribution < 1.29 is 71.1 Å². The Morgan fingerprint density at radius 3 is 1.49 bits per heavy atom. The zero-order valence-corrected chi connectivity index (χ0v) is 61.9. The number of nitrogens with zero attached hydrogens (tertiary/aromatic N) is 1. The molecule has 8 aromatic rings. The van der Waals surface area contributed by atoms with Crippen molar-refractivity contribution in [2.45, 2.75) is 139 Å². The number of likely N-dealkylation sites (N-methyl/N-ethyl adjacent to an activating group) is 1. The molecule has 1 saturated heterocycles. The van der Waals surface area contributed by atoms with Gasteiger partial charge >= 0.3 is 12.1 Å². The van der Waals surface area contributed by atoms with Crippen LogP contribution >= 0.6 is 11.8 Å². The first-order valence-electron chi connectivity index (χ1n) is 41.1. The van der Waals surface area contributed by atoms with Crippen LogP contribution in [0.2, 0.25) is 0 Å². The van der Waals surface area contributed by atoms with Crippen LogP contribution in [0.4, 0.5) is 4.79 Å². The lowest BCUT2D eigenvalue weighted by molar-refractivity contribution is -0.154. The van der Waals surface area contributed by atoms with Gasteiger partial charge in [-0.05, 0) is 120 Å². The van der Waals surface area contributed by atoms with Crippen molar-refractivity contribution in [2.24, 2.45) is 5.89 Å². The van der Waals surface area contributed by atoms with Gasteiger partial charge in [0.2, 0.25) is 47.3 Å². The second kappa shape index (κ2) is 37.9. The van der Waals surface area contributed by atoms with Crippen LogP contribution in [0.15, 0.2) is 231 Å². The second-order valence-corrected chi connectivity index (χ2v) is 28.5. The second-order valence-electron chi connectivity index (χ2n) is 27.4. The molecule has 109 heavy (non-hydrogen) atoms. The number of likely N-dealkylation sites (tertiary alicyclic amines) is 1. The molecule has 1 aliphatic carbocycles. The van der Waals surface area contributed by atoms with Gasteiger partial charge in [-0.3, -0.25) is 43.2 Å². The van der Waals surface area contributed by atoms with Crippen LogP contribution in [0.3, 0.4) is 0 Å². The average molecular weight is 1500 g/mol. The summed E-state index contributed by atoms with van der Waals surface area (Å²) in [5, 5.41) is 20.5. The van der Waals surface area contributed by atoms with E-state index in [2.05, 4.69) is 31.9 Å². The van der Waals surface area contributed by atoms with Crippen LogP contribution in [0.25, 0.3) is 11.1 Å². The van der Waals surface area contributed by atoms with Crippen LogP contribution in [0.5, 0.6) is 0 Å². The summed E-state index contributed by atoms with van der Waals surface area (Å²) in [6.07, 6.45) is -7.82. The van der Waals surface area contributed by atoms with Gasteiger partial charge in [-0.25, -0.2) is 4.79 Å². The third-order valence-corrected chi connectivity index (χ3v) is 19.9. The molecule has 5 atom stereocenters. The predicted molar refractivity (Wildman–Crippen MR) is 420 cm³/mol. The van der Waals surface area contributed by atoms with E-state index < -0.39 is 170 Å². The summed E-state index contributed by atoms with van der Waals surface area (Å²) in [5.41, 5.74) is 3.45. The van der Waals surface area contributed by atoms with E-state index in [1.165, 1.54) is 0 Å². The number of amides is 9. The molecule has 1 aliphatic heterocycles. The normalized spacial score (nSPS) is 16.5. The number of ether oxygens (including phenoxy) is 2. The van der Waals surface area contributed by atoms with Gasteiger partial charge in [0.25, 0.3) is 0 Å². The Hall–Kier alpha value is -11.4. The SMILES string of the molecule is [2H]C([2H])([2H])C([2H])(C([2H])([2H])[2H])C([2H])([2H])C([2H])(NC(=O)C1CCCN1C(=O)C(CSCCCC(=O)OC(C)(C)C)NC(=O)C(CC(=O)NC(c1ccccc1)(c1ccccc1)c1ccccc1)NC(=O)C(CCC(=O)NC(c1ccccc1)(c1ccccc1)c1ccccc1)NC(=O)OCC1c2ccccc2-c2ccccc21)C(=O)NCC(=O)NC. The highest BCUT2D eigenvalue weighted by Crippen LogP contribution is 2.45. The zero-order chi connectivity index (χ0) is 86.1. The number of carbonyl (C=O) groups is 10. The molecule has 0 spiro atoms. The van der Waals surface area contributed by atoms with E-state index >= 15 is 28.8 Å². The minimum Gasteiger partial charge on any atom is -0.460 e. The number of hydrogen-bond acceptors (Lipinski definition) is 13. The van der Waals surface area contributed by atoms with Gasteiger partial charge in [0.15, 0.2) is 0 Å². The number of fused-ring (bicyclic) bond motifs is 3. The highest BCUT2D eigenvalue weighted by atomic mass is 32.2. The highest BCUT2D eigenvalue weighted by Gasteiger charge is 2.44. The predicted octanol–water partition coefficient (Wildman–Crippen LogP) is 10.5. The molecule has 568 valence electrons. The molecule has 0 radical (unpaired) electrons. The minimum absolute atomic E-state index is 0.0477. The number of benzene rings is 8. The first-order chi connectivity index (χ1) is 56.5. The quantitative estimate of drug-likeness (QED) is 0.0106. The van der Waals surface area contributed by atoms with Gasteiger partial charge < -0.3 is 56.9 Å². The number of thioether (sulfide) groups is 1. The van der Waals surface area contributed by atoms with Crippen LogP contribution in [-0.4, -0.2) is 138 Å². The highest BCUT2D eigenvalue weighted by molar-refractivity contribution is 7.99. The monoisotopic (exact) mass is 1500 g/mol. The van der Waals surface area contributed by atoms with Crippen LogP contribution in [-0.2, 0) is 63.7 Å². The summed E-state index contributed by atoms with van der Waals surface area (Å²) in [6, 6.07) is 58.0. The Balaban J connectivity index is 1.05. The molecule has 8 aromatic carbocycles. The maximum absolute atomic E-state index is 16.1. The largest absolute Gasteiger partial charge is 0.460 e. The van der Waals surface area contributed by atoms with Crippen molar-refractivity contribution in [1.82, 2.24) is 47.4 Å². The van der Waals surface area contributed by atoms with E-state index in [-0.39, 0.29) is 44.6 Å². The molecule has 21 nitrogen and oxygen atoms in total. The van der Waals surface area contributed by atoms with Crippen molar-refractivity contribution in [3.8, 4) is 11.1 Å². The van der Waals surface area contributed by atoms with E-state index in [0.29, 0.717) is 33.4 Å². The molecular weight excluding hydrogens is 1400 g/mol. The fourth-order valence-corrected chi connectivity index (χ4v) is 14.7. The first-order valence-corrected chi connectivity index (χ1v) is 37.2. The van der Waals surface area contributed by atoms with E-state index in [1.54, 1.807) is 112 Å². The summed E-state index contributed by atoms with van der Waals surface area (Å²) in [5.74, 6) is -15.1. The number of carbonyl (C=O) groups excluding carboxylic acids is 10. The fraction of sp³-hybridized carbons (Fsp3) is 0.333. The van der Waals surface area contributed by atoms with Crippen molar-refractivity contribution in [3.05, 3.63) is 275 Å². The smallest absolute Gasteiger partial charge is 0.407 e. The maximum atomic E-state index is 16.1. The van der Waals surface area contributed by atoms with E-state index in [4.69, 9.17) is 21.8 Å². The van der Waals surface area contributed by atoms with Gasteiger partial charge in [0.1, 0.15) is 53.5 Å². The van der Waals surface area contributed by atoms with Gasteiger partial charge in [-0.15, -0.1) is 0 Å². The van der Waals surface area contributed by atoms with Crippen LogP contribution < -0.4 is 42.5 Å². The van der Waals surface area contributed by atoms with E-state index in [9.17, 15) is 20.5 Å². The lowest BCUT2D eigenvalue weighted by atomic mass is 9.77. The molecule has 1 heterocycles. The lowest BCUT2D eigenvalue weighted by Crippen LogP contribution is -2.60. The van der Waals surface area contributed by atoms with Gasteiger partial charge in [0.05, 0.1) is 14.3 Å². The van der Waals surface area contributed by atoms with E-state index in [0.717, 1.165) is 46.0 Å². The Labute approximate surface area is 655 Å². The zero-order valence-electron chi connectivity index (χ0n) is 71.1. The topological polar surface area (TPSA) is 289 Å². The van der Waals surface area contributed by atoms with Crippen LogP contribution in [0, 0.1) is 5.89 Å². The summed E-state index contributed by atoms with van der Waals surface area (Å²) >= 11 is 1.03. The molecule has 8 N–H and O–H groups in total. The van der Waals surface area contributed by atoms with Crippen molar-refractivity contribution in [1.29, 1.82) is 0 Å². The van der Waals surface area contributed by atoms with E-state index in [1.807, 2.05) is 150 Å². The Bertz CT molecular complexity index is 4650. The fourth-order valence-electron chi connectivity index (χ4n) is 13.8. The molecule has 0 saturated carbocycles. The van der Waals surface area contributed by atoms with Gasteiger partial charge in [-0.2, -0.15) is 11.8 Å². The number of hydrogen-bond donors (Lipinski definition) is 8. The molecule has 2 aliphatic rings. The van der Waals surface area contributed by atoms with Gasteiger partial charge in [-0.1, -0.05) is 244 Å². The average Bonchev–Trinajstić information content (AvgIpc) is 0.867. The molecule has 0 aromatic heterocycles. The molecule has 0 bridgehead atoms. The molecule has 5 unspecified atom stereocenters. The Kier molecular flexibility index (Phi) is 23.3. The summed E-state index contributed by atoms with van der Waals surface area (Å²) < 4.78 is 97.1. The third kappa shape index (κ3) is 20.7. The Morgan fingerprint density at radius 2 is 1.01 bits per heavy atom. The van der Waals surface area contributed by atoms with Crippen molar-refractivity contribution >= 4 is 71.1 Å². The minimum atomic E-state index is -4.41. The summed E-state index contributed by atoms with van der Waals surface area (Å²) in [6.45, 7) is -4.86. The third-order valence-electron chi connectivity index (χ3n) is 18.8. The maximum Gasteiger partial charge on any atom is 0.407 e. The summed E-state index contributed by atoms with van der Waals surface area (Å²) in [7, 11) is 1.15. The number of alkyl carbamates (subject to hydrolysis) is 1. The molecule has 1 fully saturated rings. The van der Waals surface area contributed by atoms with Crippen molar-refractivity contribution in [2.75, 3.05) is 38.2 Å². The standard InChI is InChI=1S/C87H97N9O12S/c1-58(2)53-71(79(101)89-55-77(99)88-6)91-82(104)74-47-29-51-96(74)83(105)73(57-109-52-30-48-78(100)108-85(3,4)5)92-81(103)72(54-76(98)95-87(62-37-19-10-20-38-62,63-39-21-11-22-40-63)64-41-23-12-24-42-64)90-80(102)70(93-84(106)107-56-69-67-45-27-25-43-65(67)66-44-26-28-46-68(66)69)49-50-75(97)94-86(59-31-13-7-14-32-59,60-33-15-8-16-34-60)61-35-17-9-18-36-61/h7-28,31-46,58,69-74H,29-30,47-57H2,1-6H3,(H,88,99)(H,89,101)(H,90,102)(H,91,104)(H,92,103)(H,93,106)(H,94,97)(H,95,98)/i1D3,2D3,53D2,58D,71D. The number of esters is 1. The molecule has 10 rings (SSSR count). The molecule has 9 amide bonds. The number of rotatable bonds is 34. The van der Waals surface area contributed by atoms with Crippen LogP contribution in [0.1, 0.15) is 150 Å². The van der Waals surface area contributed by atoms with Crippen molar-refractivity contribution in [3.63, 3.8) is 0 Å². The molecular formula is C87H97N9O12S.